The number of amides is 2. The van der Waals surface area contributed by atoms with Crippen molar-refractivity contribution in [2.45, 2.75) is 38.8 Å². The van der Waals surface area contributed by atoms with Crippen molar-refractivity contribution in [3.05, 3.63) is 23.8 Å². The molecule has 1 fully saturated rings. The van der Waals surface area contributed by atoms with Crippen molar-refractivity contribution in [2.24, 2.45) is 0 Å². The van der Waals surface area contributed by atoms with E-state index in [4.69, 9.17) is 9.47 Å². The Labute approximate surface area is 129 Å². The third-order valence-corrected chi connectivity index (χ3v) is 3.90. The smallest absolute Gasteiger partial charge is 0.251 e. The van der Waals surface area contributed by atoms with Crippen LogP contribution in [0.2, 0.25) is 0 Å². The van der Waals surface area contributed by atoms with Crippen molar-refractivity contribution in [3.63, 3.8) is 0 Å². The molecule has 2 heterocycles. The maximum Gasteiger partial charge on any atom is 0.251 e. The van der Waals surface area contributed by atoms with E-state index in [0.29, 0.717) is 30.0 Å². The summed E-state index contributed by atoms with van der Waals surface area (Å²) in [5.74, 6) is 1.09. The molecule has 1 unspecified atom stereocenters. The lowest BCUT2D eigenvalue weighted by Gasteiger charge is -2.32. The number of hydrogen-bond acceptors (Lipinski definition) is 4. The molecule has 6 nitrogen and oxygen atoms in total. The van der Waals surface area contributed by atoms with Crippen molar-refractivity contribution >= 4 is 11.8 Å². The molecule has 0 saturated carbocycles. The fourth-order valence-electron chi connectivity index (χ4n) is 2.76. The summed E-state index contributed by atoms with van der Waals surface area (Å²) in [6.45, 7) is 6.70. The van der Waals surface area contributed by atoms with E-state index in [0.717, 1.165) is 0 Å². The summed E-state index contributed by atoms with van der Waals surface area (Å²) in [6, 6.07) is 4.92. The van der Waals surface area contributed by atoms with Crippen molar-refractivity contribution < 1.29 is 19.1 Å². The van der Waals surface area contributed by atoms with Gasteiger partial charge in [0.05, 0.1) is 6.04 Å². The number of likely N-dealkylation sites (tertiary alicyclic amines) is 1. The highest BCUT2D eigenvalue weighted by atomic mass is 16.7. The van der Waals surface area contributed by atoms with Crippen LogP contribution in [0.1, 0.15) is 37.6 Å². The van der Waals surface area contributed by atoms with Crippen LogP contribution in [0.3, 0.4) is 0 Å². The molecule has 0 bridgehead atoms. The quantitative estimate of drug-likeness (QED) is 0.900. The first-order chi connectivity index (χ1) is 10.3. The molecular formula is C16H20N2O4. The lowest BCUT2D eigenvalue weighted by molar-refractivity contribution is -0.131. The van der Waals surface area contributed by atoms with Crippen LogP contribution in [0.15, 0.2) is 18.2 Å². The van der Waals surface area contributed by atoms with Crippen LogP contribution in [-0.4, -0.2) is 41.6 Å². The zero-order valence-corrected chi connectivity index (χ0v) is 13.0. The number of hydrogen-bond donors (Lipinski definition) is 1. The van der Waals surface area contributed by atoms with Crippen LogP contribution < -0.4 is 14.8 Å². The largest absolute Gasteiger partial charge is 0.454 e. The normalized spacial score (nSPS) is 20.4. The summed E-state index contributed by atoms with van der Waals surface area (Å²) in [4.78, 5) is 26.2. The summed E-state index contributed by atoms with van der Waals surface area (Å²) in [5, 5.41) is 2.92. The molecule has 1 N–H and O–H groups in total. The third kappa shape index (κ3) is 2.73. The van der Waals surface area contributed by atoms with Gasteiger partial charge in [0.25, 0.3) is 5.91 Å². The van der Waals surface area contributed by atoms with Gasteiger partial charge in [0.2, 0.25) is 12.7 Å². The first-order valence-corrected chi connectivity index (χ1v) is 7.35. The van der Waals surface area contributed by atoms with Gasteiger partial charge in [0.15, 0.2) is 11.5 Å². The predicted octanol–water partition coefficient (Wildman–Crippen LogP) is 1.54. The minimum absolute atomic E-state index is 0.0727. The monoisotopic (exact) mass is 304 g/mol. The summed E-state index contributed by atoms with van der Waals surface area (Å²) in [6.07, 6.45) is 0.341. The van der Waals surface area contributed by atoms with Gasteiger partial charge in [0, 0.05) is 24.1 Å². The Morgan fingerprint density at radius 2 is 2.00 bits per heavy atom. The van der Waals surface area contributed by atoms with Crippen LogP contribution in [0.5, 0.6) is 11.5 Å². The summed E-state index contributed by atoms with van der Waals surface area (Å²) in [7, 11) is 0. The second kappa shape index (κ2) is 5.19. The number of nitrogens with zero attached hydrogens (tertiary/aromatic N) is 1. The molecular weight excluding hydrogens is 284 g/mol. The summed E-state index contributed by atoms with van der Waals surface area (Å²) >= 11 is 0. The third-order valence-electron chi connectivity index (χ3n) is 3.90. The molecule has 0 radical (unpaired) electrons. The molecule has 2 aliphatic rings. The lowest BCUT2D eigenvalue weighted by Crippen LogP contribution is -2.44. The molecule has 6 heteroatoms. The van der Waals surface area contributed by atoms with E-state index in [1.165, 1.54) is 0 Å². The SMILES string of the molecule is CC(C)(C)N1CC(NC(=O)c2ccc3c(c2)OCO3)CC1=O. The van der Waals surface area contributed by atoms with Crippen LogP contribution in [0, 0.1) is 0 Å². The van der Waals surface area contributed by atoms with E-state index in [9.17, 15) is 9.59 Å². The number of carbonyl (C=O) groups excluding carboxylic acids is 2. The molecule has 3 rings (SSSR count). The highest BCUT2D eigenvalue weighted by Gasteiger charge is 2.36. The van der Waals surface area contributed by atoms with Crippen molar-refractivity contribution in [1.82, 2.24) is 10.2 Å². The zero-order valence-electron chi connectivity index (χ0n) is 13.0. The second-order valence-corrected chi connectivity index (χ2v) is 6.62. The van der Waals surface area contributed by atoms with Gasteiger partial charge in [-0.05, 0) is 39.0 Å². The van der Waals surface area contributed by atoms with Gasteiger partial charge in [-0.15, -0.1) is 0 Å². The molecule has 0 aliphatic carbocycles. The second-order valence-electron chi connectivity index (χ2n) is 6.62. The van der Waals surface area contributed by atoms with E-state index in [-0.39, 0.29) is 30.2 Å². The van der Waals surface area contributed by atoms with Crippen LogP contribution in [0.25, 0.3) is 0 Å². The van der Waals surface area contributed by atoms with Crippen molar-refractivity contribution in [3.8, 4) is 11.5 Å². The Morgan fingerprint density at radius 1 is 1.27 bits per heavy atom. The molecule has 1 aromatic carbocycles. The number of fused-ring (bicyclic) bond motifs is 1. The Morgan fingerprint density at radius 3 is 2.68 bits per heavy atom. The maximum absolute atomic E-state index is 12.3. The fraction of sp³-hybridized carbons (Fsp3) is 0.500. The molecule has 0 spiro atoms. The molecule has 2 amide bonds. The van der Waals surface area contributed by atoms with Gasteiger partial charge in [-0.1, -0.05) is 0 Å². The Bertz CT molecular complexity index is 621. The van der Waals surface area contributed by atoms with Gasteiger partial charge >= 0.3 is 0 Å². The minimum Gasteiger partial charge on any atom is -0.454 e. The van der Waals surface area contributed by atoms with E-state index < -0.39 is 0 Å². The average molecular weight is 304 g/mol. The number of carbonyl (C=O) groups is 2. The van der Waals surface area contributed by atoms with Gasteiger partial charge in [-0.2, -0.15) is 0 Å². The standard InChI is InChI=1S/C16H20N2O4/c1-16(2,3)18-8-11(7-14(18)19)17-15(20)10-4-5-12-13(6-10)22-9-21-12/h4-6,11H,7-9H2,1-3H3,(H,17,20). The highest BCUT2D eigenvalue weighted by molar-refractivity contribution is 5.95. The van der Waals surface area contributed by atoms with E-state index in [1.807, 2.05) is 20.8 Å². The molecule has 0 aromatic heterocycles. The zero-order chi connectivity index (χ0) is 15.9. The summed E-state index contributed by atoms with van der Waals surface area (Å²) in [5.41, 5.74) is 0.279. The predicted molar refractivity (Wildman–Crippen MR) is 79.9 cm³/mol. The Balaban J connectivity index is 1.67. The maximum atomic E-state index is 12.3. The fourth-order valence-corrected chi connectivity index (χ4v) is 2.76. The molecule has 1 saturated heterocycles. The number of rotatable bonds is 2. The van der Waals surface area contributed by atoms with Crippen LogP contribution >= 0.6 is 0 Å². The van der Waals surface area contributed by atoms with Crippen molar-refractivity contribution in [1.29, 1.82) is 0 Å². The minimum atomic E-state index is -0.227. The van der Waals surface area contributed by atoms with Gasteiger partial charge in [-0.25, -0.2) is 0 Å². The van der Waals surface area contributed by atoms with E-state index >= 15 is 0 Å². The van der Waals surface area contributed by atoms with Gasteiger partial charge in [-0.3, -0.25) is 9.59 Å². The molecule has 1 atom stereocenters. The Hall–Kier alpha value is -2.24. The van der Waals surface area contributed by atoms with Crippen LogP contribution in [0.4, 0.5) is 0 Å². The van der Waals surface area contributed by atoms with Gasteiger partial charge in [0.1, 0.15) is 0 Å². The Kier molecular flexibility index (Phi) is 3.47. The average Bonchev–Trinajstić information content (AvgIpc) is 3.03. The molecule has 1 aromatic rings. The van der Waals surface area contributed by atoms with Crippen molar-refractivity contribution in [2.75, 3.05) is 13.3 Å². The van der Waals surface area contributed by atoms with Crippen LogP contribution in [-0.2, 0) is 4.79 Å². The lowest BCUT2D eigenvalue weighted by atomic mass is 10.1. The van der Waals surface area contributed by atoms with E-state index in [2.05, 4.69) is 5.32 Å². The molecule has 2 aliphatic heterocycles. The number of nitrogens with one attached hydrogen (secondary N) is 1. The van der Waals surface area contributed by atoms with Gasteiger partial charge < -0.3 is 19.7 Å². The number of ether oxygens (including phenoxy) is 2. The first kappa shape index (κ1) is 14.7. The summed E-state index contributed by atoms with van der Waals surface area (Å²) < 4.78 is 10.5. The highest BCUT2D eigenvalue weighted by Crippen LogP contribution is 2.32. The number of benzene rings is 1. The van der Waals surface area contributed by atoms with E-state index in [1.54, 1.807) is 23.1 Å². The molecule has 22 heavy (non-hydrogen) atoms. The topological polar surface area (TPSA) is 67.9 Å². The molecule has 118 valence electrons. The first-order valence-electron chi connectivity index (χ1n) is 7.35.